The number of rotatable bonds is 3. The molecule has 0 saturated heterocycles. The molecule has 1 aliphatic carbocycles. The molecule has 0 bridgehead atoms. The lowest BCUT2D eigenvalue weighted by molar-refractivity contribution is -0.126. The van der Waals surface area contributed by atoms with Crippen LogP contribution in [-0.4, -0.2) is 17.2 Å². The van der Waals surface area contributed by atoms with Crippen LogP contribution in [0.5, 0.6) is 0 Å². The summed E-state index contributed by atoms with van der Waals surface area (Å²) < 4.78 is 0. The molecule has 0 spiro atoms. The van der Waals surface area contributed by atoms with E-state index in [1.165, 1.54) is 0 Å². The van der Waals surface area contributed by atoms with Crippen molar-refractivity contribution in [1.29, 1.82) is 0 Å². The molecule has 2 nitrogen and oxygen atoms in total. The molecule has 2 aromatic carbocycles. The van der Waals surface area contributed by atoms with E-state index < -0.39 is 5.92 Å². The minimum Gasteiger partial charge on any atom is -0.299 e. The van der Waals surface area contributed by atoms with Gasteiger partial charge < -0.3 is 0 Å². The zero-order valence-corrected chi connectivity index (χ0v) is 15.4. The average molecular weight is 379 g/mol. The van der Waals surface area contributed by atoms with Gasteiger partial charge in [0.1, 0.15) is 5.78 Å². The van der Waals surface area contributed by atoms with Gasteiger partial charge in [0.15, 0.2) is 5.12 Å². The highest BCUT2D eigenvalue weighted by atomic mass is 35.5. The van der Waals surface area contributed by atoms with E-state index in [1.54, 1.807) is 18.4 Å². The van der Waals surface area contributed by atoms with Gasteiger partial charge in [-0.1, -0.05) is 59.2 Å². The van der Waals surface area contributed by atoms with E-state index >= 15 is 0 Å². The lowest BCUT2D eigenvalue weighted by Crippen LogP contribution is -2.22. The first-order valence-electron chi connectivity index (χ1n) is 7.62. The quantitative estimate of drug-likeness (QED) is 0.675. The van der Waals surface area contributed by atoms with Gasteiger partial charge in [-0.2, -0.15) is 0 Å². The molecule has 24 heavy (non-hydrogen) atoms. The van der Waals surface area contributed by atoms with Crippen molar-refractivity contribution in [2.24, 2.45) is 5.92 Å². The maximum atomic E-state index is 12.6. The number of hydrogen-bond donors (Lipinski definition) is 0. The van der Waals surface area contributed by atoms with Crippen molar-refractivity contribution in [2.75, 3.05) is 6.26 Å². The summed E-state index contributed by atoms with van der Waals surface area (Å²) in [6.07, 6.45) is 2.06. The molecule has 5 heteroatoms. The summed E-state index contributed by atoms with van der Waals surface area (Å²) in [4.78, 5) is 25.0. The first-order chi connectivity index (χ1) is 11.5. The topological polar surface area (TPSA) is 34.1 Å². The molecule has 1 saturated carbocycles. The van der Waals surface area contributed by atoms with Crippen LogP contribution in [0.4, 0.5) is 0 Å². The van der Waals surface area contributed by atoms with Crippen molar-refractivity contribution in [3.05, 3.63) is 69.7 Å². The molecule has 2 aromatic rings. The van der Waals surface area contributed by atoms with Gasteiger partial charge in [0.2, 0.25) is 0 Å². The predicted molar refractivity (Wildman–Crippen MR) is 100 cm³/mol. The number of ketones is 1. The summed E-state index contributed by atoms with van der Waals surface area (Å²) in [6, 6.07) is 15.0. The SMILES string of the molecule is CSC(=O)[C@@H]1C(=O)C[C@H](c2cccc(Cl)c2)[C@H]1c1cccc(Cl)c1. The molecule has 1 aliphatic rings. The second kappa shape index (κ2) is 7.30. The maximum absolute atomic E-state index is 12.6. The van der Waals surface area contributed by atoms with E-state index in [-0.39, 0.29) is 22.7 Å². The molecule has 0 aromatic heterocycles. The molecule has 0 N–H and O–H groups in total. The van der Waals surface area contributed by atoms with Crippen molar-refractivity contribution in [3.63, 3.8) is 0 Å². The van der Waals surface area contributed by atoms with Crippen LogP contribution in [0, 0.1) is 5.92 Å². The normalized spacial score (nSPS) is 23.5. The Morgan fingerprint density at radius 1 is 1.04 bits per heavy atom. The van der Waals surface area contributed by atoms with Crippen molar-refractivity contribution >= 4 is 45.9 Å². The molecule has 0 unspecified atom stereocenters. The maximum Gasteiger partial charge on any atom is 0.199 e. The molecule has 124 valence electrons. The molecule has 3 rings (SSSR count). The van der Waals surface area contributed by atoms with E-state index in [0.717, 1.165) is 22.9 Å². The molecule has 0 amide bonds. The Morgan fingerprint density at radius 3 is 2.21 bits per heavy atom. The summed E-state index contributed by atoms with van der Waals surface area (Å²) in [7, 11) is 0. The van der Waals surface area contributed by atoms with Crippen molar-refractivity contribution in [3.8, 4) is 0 Å². The molecule has 0 aliphatic heterocycles. The Morgan fingerprint density at radius 2 is 1.62 bits per heavy atom. The number of thioether (sulfide) groups is 1. The Balaban J connectivity index is 2.10. The van der Waals surface area contributed by atoms with Gasteiger partial charge >= 0.3 is 0 Å². The zero-order valence-electron chi connectivity index (χ0n) is 13.0. The Hall–Kier alpha value is -1.29. The third-order valence-corrected chi connectivity index (χ3v) is 5.65. The third-order valence-electron chi connectivity index (χ3n) is 4.53. The predicted octanol–water partition coefficient (Wildman–Crippen LogP) is 5.34. The fourth-order valence-electron chi connectivity index (χ4n) is 3.51. The highest BCUT2D eigenvalue weighted by molar-refractivity contribution is 8.13. The summed E-state index contributed by atoms with van der Waals surface area (Å²) in [6.45, 7) is 0. The van der Waals surface area contributed by atoms with Gasteiger partial charge in [0.05, 0.1) is 5.92 Å². The van der Waals surface area contributed by atoms with Gasteiger partial charge in [-0.15, -0.1) is 0 Å². The fourth-order valence-corrected chi connectivity index (χ4v) is 4.44. The zero-order chi connectivity index (χ0) is 17.3. The first kappa shape index (κ1) is 17.5. The summed E-state index contributed by atoms with van der Waals surface area (Å²) in [5.41, 5.74) is 1.91. The highest BCUT2D eigenvalue weighted by Gasteiger charge is 2.47. The van der Waals surface area contributed by atoms with E-state index in [1.807, 2.05) is 36.4 Å². The Labute approximate surface area is 155 Å². The number of carbonyl (C=O) groups excluding carboxylic acids is 2. The number of halogens is 2. The van der Waals surface area contributed by atoms with Crippen LogP contribution in [0.2, 0.25) is 10.0 Å². The molecular formula is C19H16Cl2O2S. The van der Waals surface area contributed by atoms with Crippen LogP contribution in [0.1, 0.15) is 29.4 Å². The number of carbonyl (C=O) groups is 2. The standard InChI is InChI=1S/C19H16Cl2O2S/c1-24-19(23)18-16(22)10-15(11-4-2-6-13(20)8-11)17(18)12-5-3-7-14(21)9-12/h2-9,15,17-18H,10H2,1H3/t15-,17-,18-/m1/s1. The third kappa shape index (κ3) is 3.39. The van der Waals surface area contributed by atoms with E-state index in [9.17, 15) is 9.59 Å². The minimum absolute atomic E-state index is 0.00991. The molecule has 0 radical (unpaired) electrons. The minimum atomic E-state index is -0.637. The van der Waals surface area contributed by atoms with E-state index in [0.29, 0.717) is 16.5 Å². The van der Waals surface area contributed by atoms with Crippen molar-refractivity contribution in [2.45, 2.75) is 18.3 Å². The Bertz CT molecular complexity index is 790. The van der Waals surface area contributed by atoms with Gasteiger partial charge in [0, 0.05) is 22.4 Å². The van der Waals surface area contributed by atoms with Crippen LogP contribution < -0.4 is 0 Å². The summed E-state index contributed by atoms with van der Waals surface area (Å²) in [5, 5.41) is 1.14. The Kier molecular flexibility index (Phi) is 5.33. The van der Waals surface area contributed by atoms with Crippen LogP contribution in [0.3, 0.4) is 0 Å². The lowest BCUT2D eigenvalue weighted by Gasteiger charge is -2.24. The largest absolute Gasteiger partial charge is 0.299 e. The lowest BCUT2D eigenvalue weighted by atomic mass is 9.80. The number of hydrogen-bond acceptors (Lipinski definition) is 3. The van der Waals surface area contributed by atoms with Crippen LogP contribution in [0.25, 0.3) is 0 Å². The smallest absolute Gasteiger partial charge is 0.199 e. The van der Waals surface area contributed by atoms with Crippen molar-refractivity contribution < 1.29 is 9.59 Å². The number of Topliss-reactive ketones (excluding diaryl/α,β-unsaturated/α-hetero) is 1. The van der Waals surface area contributed by atoms with Gasteiger partial charge in [-0.3, -0.25) is 9.59 Å². The van der Waals surface area contributed by atoms with Crippen LogP contribution in [-0.2, 0) is 9.59 Å². The molecule has 3 atom stereocenters. The monoisotopic (exact) mass is 378 g/mol. The number of benzene rings is 2. The van der Waals surface area contributed by atoms with Crippen molar-refractivity contribution in [1.82, 2.24) is 0 Å². The highest BCUT2D eigenvalue weighted by Crippen LogP contribution is 2.49. The van der Waals surface area contributed by atoms with Gasteiger partial charge in [-0.25, -0.2) is 0 Å². The van der Waals surface area contributed by atoms with Crippen LogP contribution >= 0.6 is 35.0 Å². The average Bonchev–Trinajstić information content (AvgIpc) is 2.91. The van der Waals surface area contributed by atoms with Crippen LogP contribution in [0.15, 0.2) is 48.5 Å². The van der Waals surface area contributed by atoms with Gasteiger partial charge in [0.25, 0.3) is 0 Å². The summed E-state index contributed by atoms with van der Waals surface area (Å²) >= 11 is 13.4. The second-order valence-electron chi connectivity index (χ2n) is 5.91. The molecular weight excluding hydrogens is 363 g/mol. The first-order valence-corrected chi connectivity index (χ1v) is 9.61. The fraction of sp³-hybridized carbons (Fsp3) is 0.263. The molecule has 0 heterocycles. The molecule has 1 fully saturated rings. The van der Waals surface area contributed by atoms with Gasteiger partial charge in [-0.05, 0) is 47.6 Å². The van der Waals surface area contributed by atoms with E-state index in [4.69, 9.17) is 23.2 Å². The summed E-state index contributed by atoms with van der Waals surface area (Å²) in [5.74, 6) is -0.933. The van der Waals surface area contributed by atoms with E-state index in [2.05, 4.69) is 0 Å². The second-order valence-corrected chi connectivity index (χ2v) is 7.60.